The second-order valence-electron chi connectivity index (χ2n) is 2.54. The monoisotopic (exact) mass is 197 g/mol. The second kappa shape index (κ2) is 3.58. The number of aromatic nitrogens is 2. The van der Waals surface area contributed by atoms with E-state index in [4.69, 9.17) is 16.9 Å². The van der Waals surface area contributed by atoms with E-state index in [-0.39, 0.29) is 10.8 Å². The van der Waals surface area contributed by atoms with Crippen LogP contribution in [0.5, 0.6) is 0 Å². The average Bonchev–Trinajstić information content (AvgIpc) is 2.04. The van der Waals surface area contributed by atoms with Crippen LogP contribution in [0, 0.1) is 23.5 Å². The van der Waals surface area contributed by atoms with Crippen molar-refractivity contribution >= 4 is 11.6 Å². The molecule has 13 heavy (non-hydrogen) atoms. The molecule has 0 fully saturated rings. The third-order valence-electron chi connectivity index (χ3n) is 1.77. The highest BCUT2D eigenvalue weighted by Crippen LogP contribution is 2.11. The van der Waals surface area contributed by atoms with E-state index < -0.39 is 0 Å². The summed E-state index contributed by atoms with van der Waals surface area (Å²) in [7, 11) is 0. The SMILES string of the molecule is CCc1c(C)nc(Cl)c(C#N)[n+]1[O-]. The van der Waals surface area contributed by atoms with Crippen molar-refractivity contribution in [2.24, 2.45) is 0 Å². The lowest BCUT2D eigenvalue weighted by Gasteiger charge is -2.06. The molecular weight excluding hydrogens is 190 g/mol. The first-order valence-corrected chi connectivity index (χ1v) is 4.18. The van der Waals surface area contributed by atoms with Crippen molar-refractivity contribution in [3.8, 4) is 6.07 Å². The van der Waals surface area contributed by atoms with Crippen molar-refractivity contribution in [3.05, 3.63) is 27.4 Å². The highest BCUT2D eigenvalue weighted by molar-refractivity contribution is 6.30. The van der Waals surface area contributed by atoms with Crippen LogP contribution in [0.25, 0.3) is 0 Å². The molecule has 1 aromatic heterocycles. The first-order chi connectivity index (χ1) is 6.11. The van der Waals surface area contributed by atoms with Crippen LogP contribution < -0.4 is 4.73 Å². The molecule has 0 aliphatic carbocycles. The molecule has 0 aromatic carbocycles. The predicted molar refractivity (Wildman–Crippen MR) is 47.0 cm³/mol. The minimum absolute atomic E-state index is 0.0350. The topological polar surface area (TPSA) is 63.6 Å². The number of rotatable bonds is 1. The van der Waals surface area contributed by atoms with E-state index in [0.717, 1.165) is 0 Å². The molecule has 0 bridgehead atoms. The van der Waals surface area contributed by atoms with E-state index in [2.05, 4.69) is 4.98 Å². The van der Waals surface area contributed by atoms with E-state index >= 15 is 0 Å². The lowest BCUT2D eigenvalue weighted by molar-refractivity contribution is -0.617. The maximum absolute atomic E-state index is 11.4. The molecule has 0 saturated heterocycles. The number of hydrogen-bond donors (Lipinski definition) is 0. The van der Waals surface area contributed by atoms with Gasteiger partial charge in [-0.2, -0.15) is 9.99 Å². The summed E-state index contributed by atoms with van der Waals surface area (Å²) in [6, 6.07) is 1.72. The Morgan fingerprint density at radius 1 is 1.69 bits per heavy atom. The number of nitrogens with zero attached hydrogens (tertiary/aromatic N) is 3. The van der Waals surface area contributed by atoms with Gasteiger partial charge in [0.05, 0.1) is 0 Å². The van der Waals surface area contributed by atoms with Gasteiger partial charge in [0.1, 0.15) is 5.69 Å². The zero-order chi connectivity index (χ0) is 10.0. The van der Waals surface area contributed by atoms with Gasteiger partial charge in [-0.3, -0.25) is 0 Å². The zero-order valence-corrected chi connectivity index (χ0v) is 8.09. The van der Waals surface area contributed by atoms with Crippen LogP contribution in [0.2, 0.25) is 5.15 Å². The first kappa shape index (κ1) is 9.75. The van der Waals surface area contributed by atoms with Crippen LogP contribution in [-0.2, 0) is 6.42 Å². The predicted octanol–water partition coefficient (Wildman–Crippen LogP) is 1.11. The van der Waals surface area contributed by atoms with Gasteiger partial charge < -0.3 is 5.21 Å². The minimum atomic E-state index is -0.135. The summed E-state index contributed by atoms with van der Waals surface area (Å²) in [5.74, 6) is 0. The van der Waals surface area contributed by atoms with Gasteiger partial charge in [-0.25, -0.2) is 4.98 Å². The molecule has 0 aliphatic rings. The summed E-state index contributed by atoms with van der Waals surface area (Å²) in [4.78, 5) is 3.90. The summed E-state index contributed by atoms with van der Waals surface area (Å²) >= 11 is 5.61. The average molecular weight is 198 g/mol. The van der Waals surface area contributed by atoms with Crippen molar-refractivity contribution in [1.82, 2.24) is 4.98 Å². The van der Waals surface area contributed by atoms with Crippen molar-refractivity contribution in [3.63, 3.8) is 0 Å². The van der Waals surface area contributed by atoms with Crippen LogP contribution in [0.4, 0.5) is 0 Å². The lowest BCUT2D eigenvalue weighted by Crippen LogP contribution is -2.37. The van der Waals surface area contributed by atoms with E-state index in [9.17, 15) is 5.21 Å². The van der Waals surface area contributed by atoms with E-state index in [1.54, 1.807) is 13.0 Å². The van der Waals surface area contributed by atoms with Gasteiger partial charge in [0.25, 0.3) is 0 Å². The van der Waals surface area contributed by atoms with Crippen molar-refractivity contribution < 1.29 is 4.73 Å². The van der Waals surface area contributed by atoms with Gasteiger partial charge in [-0.15, -0.1) is 0 Å². The Balaban J connectivity index is 3.51. The minimum Gasteiger partial charge on any atom is -0.617 e. The summed E-state index contributed by atoms with van der Waals surface area (Å²) < 4.78 is 0.546. The molecule has 1 heterocycles. The molecule has 0 N–H and O–H groups in total. The Kier molecular flexibility index (Phi) is 2.69. The maximum atomic E-state index is 11.4. The smallest absolute Gasteiger partial charge is 0.332 e. The van der Waals surface area contributed by atoms with Gasteiger partial charge in [0, 0.05) is 6.42 Å². The van der Waals surface area contributed by atoms with Gasteiger partial charge in [0.2, 0.25) is 10.8 Å². The molecule has 0 spiro atoms. The molecule has 68 valence electrons. The summed E-state index contributed by atoms with van der Waals surface area (Å²) in [6.45, 7) is 3.52. The summed E-state index contributed by atoms with van der Waals surface area (Å²) in [6.07, 6.45) is 0.536. The van der Waals surface area contributed by atoms with Gasteiger partial charge in [0.15, 0.2) is 6.07 Å². The van der Waals surface area contributed by atoms with E-state index in [0.29, 0.717) is 22.5 Å². The van der Waals surface area contributed by atoms with Crippen LogP contribution in [0.1, 0.15) is 24.0 Å². The number of aryl methyl sites for hydroxylation is 1. The molecular formula is C8H8ClN3O. The molecule has 1 rings (SSSR count). The molecule has 0 amide bonds. The van der Waals surface area contributed by atoms with Crippen molar-refractivity contribution in [2.75, 3.05) is 0 Å². The normalized spacial score (nSPS) is 9.69. The molecule has 0 radical (unpaired) electrons. The maximum Gasteiger partial charge on any atom is 0.332 e. The van der Waals surface area contributed by atoms with Crippen LogP contribution in [0.3, 0.4) is 0 Å². The third-order valence-corrected chi connectivity index (χ3v) is 2.03. The molecule has 1 aromatic rings. The molecule has 4 nitrogen and oxygen atoms in total. The second-order valence-corrected chi connectivity index (χ2v) is 2.90. The molecule has 0 atom stereocenters. The number of halogens is 1. The fourth-order valence-corrected chi connectivity index (χ4v) is 1.37. The Bertz CT molecular complexity index is 384. The van der Waals surface area contributed by atoms with E-state index in [1.807, 2.05) is 6.92 Å². The molecule has 0 aliphatic heterocycles. The molecule has 5 heteroatoms. The Morgan fingerprint density at radius 2 is 2.31 bits per heavy atom. The van der Waals surface area contributed by atoms with E-state index in [1.165, 1.54) is 0 Å². The number of nitriles is 1. The van der Waals surface area contributed by atoms with Crippen LogP contribution >= 0.6 is 11.6 Å². The lowest BCUT2D eigenvalue weighted by atomic mass is 10.2. The Morgan fingerprint density at radius 3 is 2.77 bits per heavy atom. The van der Waals surface area contributed by atoms with Gasteiger partial charge in [-0.1, -0.05) is 18.5 Å². The quantitative estimate of drug-likeness (QED) is 0.501. The Labute approximate surface area is 81.0 Å². The third kappa shape index (κ3) is 1.56. The molecule has 0 saturated carbocycles. The van der Waals surface area contributed by atoms with Gasteiger partial charge in [-0.05, 0) is 6.92 Å². The first-order valence-electron chi connectivity index (χ1n) is 3.80. The highest BCUT2D eigenvalue weighted by atomic mass is 35.5. The summed E-state index contributed by atoms with van der Waals surface area (Å²) in [5, 5.41) is 20.0. The standard InChI is InChI=1S/C8H8ClN3O/c1-3-6-5(2)11-8(9)7(4-10)12(6)13/h3H2,1-2H3. The largest absolute Gasteiger partial charge is 0.617 e. The fourth-order valence-electron chi connectivity index (χ4n) is 1.12. The highest BCUT2D eigenvalue weighted by Gasteiger charge is 2.18. The van der Waals surface area contributed by atoms with Crippen LogP contribution in [-0.4, -0.2) is 4.98 Å². The zero-order valence-electron chi connectivity index (χ0n) is 7.33. The fraction of sp³-hybridized carbons (Fsp3) is 0.375. The number of hydrogen-bond acceptors (Lipinski definition) is 3. The van der Waals surface area contributed by atoms with Gasteiger partial charge >= 0.3 is 5.69 Å². The van der Waals surface area contributed by atoms with Crippen molar-refractivity contribution in [1.29, 1.82) is 5.26 Å². The van der Waals surface area contributed by atoms with Crippen LogP contribution in [0.15, 0.2) is 0 Å². The van der Waals surface area contributed by atoms with Crippen molar-refractivity contribution in [2.45, 2.75) is 20.3 Å². The molecule has 0 unspecified atom stereocenters. The Hall–Kier alpha value is -1.34. The summed E-state index contributed by atoms with van der Waals surface area (Å²) in [5.41, 5.74) is 0.923.